The zero-order valence-electron chi connectivity index (χ0n) is 13.8. The molecule has 1 N–H and O–H groups in total. The van der Waals surface area contributed by atoms with E-state index in [9.17, 15) is 62.3 Å². The zero-order chi connectivity index (χ0) is 24.2. The molecule has 4 nitrogen and oxygen atoms in total. The van der Waals surface area contributed by atoms with Gasteiger partial charge >= 0.3 is 36.6 Å². The van der Waals surface area contributed by atoms with Gasteiger partial charge in [0.2, 0.25) is 0 Å². The molecule has 0 rings (SSSR count). The van der Waals surface area contributed by atoms with Gasteiger partial charge in [0.25, 0.3) is 6.10 Å². The standard InChI is InChI=1S/C7H6F6O2.C6H4F6O2/c1-3(2)4(14)15-5(6(8,9)10)7(11,12)13;1-2(4(13)14)3(5(7,8)9)6(10,11)12/h5H,1H2,2H3;3H,1H2,(H,13,14). The number of rotatable bonds is 4. The minimum Gasteiger partial charge on any atom is -0.478 e. The normalized spacial score (nSPS) is 12.9. The van der Waals surface area contributed by atoms with Crippen LogP contribution < -0.4 is 0 Å². The van der Waals surface area contributed by atoms with E-state index >= 15 is 0 Å². The van der Waals surface area contributed by atoms with Crippen LogP contribution in [0.4, 0.5) is 52.7 Å². The molecule has 0 aromatic rings. The molecule has 0 amide bonds. The van der Waals surface area contributed by atoms with Crippen molar-refractivity contribution in [2.24, 2.45) is 5.92 Å². The third-order valence-electron chi connectivity index (χ3n) is 2.45. The van der Waals surface area contributed by atoms with Crippen LogP contribution in [0.3, 0.4) is 0 Å². The van der Waals surface area contributed by atoms with E-state index in [1.165, 1.54) is 0 Å². The van der Waals surface area contributed by atoms with Crippen molar-refractivity contribution < 1.29 is 72.1 Å². The van der Waals surface area contributed by atoms with E-state index in [-0.39, 0.29) is 0 Å². The molecule has 0 aliphatic rings. The third kappa shape index (κ3) is 10.1. The van der Waals surface area contributed by atoms with Crippen LogP contribution in [0.5, 0.6) is 0 Å². The van der Waals surface area contributed by atoms with E-state index in [1.54, 1.807) is 0 Å². The second-order valence-electron chi connectivity index (χ2n) is 5.00. The summed E-state index contributed by atoms with van der Waals surface area (Å²) in [6, 6.07) is 0. The van der Waals surface area contributed by atoms with Crippen molar-refractivity contribution in [2.75, 3.05) is 0 Å². The maximum absolute atomic E-state index is 11.8. The Morgan fingerprint density at radius 3 is 1.21 bits per heavy atom. The molecule has 0 heterocycles. The first kappa shape index (κ1) is 28.8. The molecule has 0 aromatic carbocycles. The molecule has 0 aromatic heterocycles. The summed E-state index contributed by atoms with van der Waals surface area (Å²) in [5, 5.41) is 7.98. The number of halogens is 12. The van der Waals surface area contributed by atoms with Gasteiger partial charge in [0.15, 0.2) is 5.92 Å². The fraction of sp³-hybridized carbons (Fsp3) is 0.538. The lowest BCUT2D eigenvalue weighted by Crippen LogP contribution is -2.45. The first-order valence-electron chi connectivity index (χ1n) is 6.49. The summed E-state index contributed by atoms with van der Waals surface area (Å²) < 4.78 is 145. The predicted molar refractivity (Wildman–Crippen MR) is 69.2 cm³/mol. The monoisotopic (exact) mass is 458 g/mol. The molecule has 0 aliphatic carbocycles. The number of hydrogen-bond acceptors (Lipinski definition) is 3. The van der Waals surface area contributed by atoms with E-state index in [4.69, 9.17) is 5.11 Å². The molecule has 0 radical (unpaired) electrons. The number of esters is 1. The topological polar surface area (TPSA) is 63.6 Å². The van der Waals surface area contributed by atoms with Crippen LogP contribution in [0.25, 0.3) is 0 Å². The number of carbonyl (C=O) groups excluding carboxylic acids is 1. The summed E-state index contributed by atoms with van der Waals surface area (Å²) in [6.07, 6.45) is -26.9. The molecule has 0 aliphatic heterocycles. The fourth-order valence-electron chi connectivity index (χ4n) is 1.23. The van der Waals surface area contributed by atoms with Gasteiger partial charge in [-0.1, -0.05) is 13.2 Å². The van der Waals surface area contributed by atoms with Crippen molar-refractivity contribution in [2.45, 2.75) is 37.7 Å². The molecule has 29 heavy (non-hydrogen) atoms. The molecule has 170 valence electrons. The Bertz CT molecular complexity index is 596. The molecule has 0 bridgehead atoms. The van der Waals surface area contributed by atoms with Gasteiger partial charge in [0.1, 0.15) is 0 Å². The summed E-state index contributed by atoms with van der Waals surface area (Å²) in [5.41, 5.74) is -2.49. The van der Waals surface area contributed by atoms with Crippen LogP contribution in [-0.2, 0) is 14.3 Å². The number of alkyl halides is 12. The highest BCUT2D eigenvalue weighted by molar-refractivity contribution is 5.87. The second kappa shape index (κ2) is 9.39. The van der Waals surface area contributed by atoms with Crippen molar-refractivity contribution in [3.8, 4) is 0 Å². The van der Waals surface area contributed by atoms with Crippen LogP contribution >= 0.6 is 0 Å². The maximum atomic E-state index is 11.8. The Hall–Kier alpha value is -2.42. The van der Waals surface area contributed by atoms with E-state index < -0.39 is 59.8 Å². The lowest BCUT2D eigenvalue weighted by molar-refractivity contribution is -0.312. The number of aliphatic carboxylic acids is 1. The van der Waals surface area contributed by atoms with Crippen molar-refractivity contribution in [3.63, 3.8) is 0 Å². The maximum Gasteiger partial charge on any atom is 0.434 e. The van der Waals surface area contributed by atoms with E-state index in [2.05, 4.69) is 17.9 Å². The number of carbonyl (C=O) groups is 2. The lowest BCUT2D eigenvalue weighted by Gasteiger charge is -2.22. The summed E-state index contributed by atoms with van der Waals surface area (Å²) >= 11 is 0. The Labute approximate surface area is 153 Å². The molecule has 0 fully saturated rings. The first-order valence-corrected chi connectivity index (χ1v) is 6.49. The number of hydrogen-bond donors (Lipinski definition) is 1. The van der Waals surface area contributed by atoms with Crippen LogP contribution in [0, 0.1) is 5.92 Å². The van der Waals surface area contributed by atoms with Gasteiger partial charge in [-0.05, 0) is 6.92 Å². The minimum atomic E-state index is -5.70. The van der Waals surface area contributed by atoms with Gasteiger partial charge < -0.3 is 9.84 Å². The van der Waals surface area contributed by atoms with Crippen LogP contribution in [0.2, 0.25) is 0 Å². The molecular weight excluding hydrogens is 448 g/mol. The summed E-state index contributed by atoms with van der Waals surface area (Å²) in [6.45, 7) is 6.05. The molecule has 0 spiro atoms. The molecule has 0 unspecified atom stereocenters. The summed E-state index contributed by atoms with van der Waals surface area (Å²) in [4.78, 5) is 20.5. The lowest BCUT2D eigenvalue weighted by atomic mass is 9.99. The SMILES string of the molecule is C=C(C(=O)O)C(C(F)(F)F)C(F)(F)F.C=C(C)C(=O)OC(C(F)(F)F)C(F)(F)F. The number of carboxylic acid groups (broad SMARTS) is 1. The van der Waals surface area contributed by atoms with Crippen molar-refractivity contribution >= 4 is 11.9 Å². The number of ether oxygens (including phenoxy) is 1. The molecule has 16 heteroatoms. The number of carboxylic acids is 1. The van der Waals surface area contributed by atoms with Crippen molar-refractivity contribution in [1.29, 1.82) is 0 Å². The van der Waals surface area contributed by atoms with E-state index in [0.29, 0.717) is 0 Å². The van der Waals surface area contributed by atoms with Crippen molar-refractivity contribution in [3.05, 3.63) is 24.3 Å². The van der Waals surface area contributed by atoms with Crippen LogP contribution in [0.15, 0.2) is 24.3 Å². The molecule has 0 saturated heterocycles. The minimum absolute atomic E-state index is 0.548. The Kier molecular flexibility index (Phi) is 9.32. The van der Waals surface area contributed by atoms with E-state index in [1.807, 2.05) is 0 Å². The highest BCUT2D eigenvalue weighted by Gasteiger charge is 2.60. The van der Waals surface area contributed by atoms with Crippen LogP contribution in [-0.4, -0.2) is 47.9 Å². The van der Waals surface area contributed by atoms with Gasteiger partial charge in [0, 0.05) is 5.57 Å². The van der Waals surface area contributed by atoms with Gasteiger partial charge in [-0.25, -0.2) is 9.59 Å². The van der Waals surface area contributed by atoms with Gasteiger partial charge in [-0.3, -0.25) is 0 Å². The summed E-state index contributed by atoms with van der Waals surface area (Å²) in [7, 11) is 0. The highest BCUT2D eigenvalue weighted by atomic mass is 19.4. The fourth-order valence-corrected chi connectivity index (χ4v) is 1.23. The van der Waals surface area contributed by atoms with Gasteiger partial charge in [-0.2, -0.15) is 52.7 Å². The Morgan fingerprint density at radius 1 is 0.759 bits per heavy atom. The van der Waals surface area contributed by atoms with E-state index in [0.717, 1.165) is 6.92 Å². The Morgan fingerprint density at radius 2 is 1.07 bits per heavy atom. The average molecular weight is 458 g/mol. The predicted octanol–water partition coefficient (Wildman–Crippen LogP) is 4.97. The van der Waals surface area contributed by atoms with Crippen LogP contribution in [0.1, 0.15) is 6.92 Å². The smallest absolute Gasteiger partial charge is 0.434 e. The third-order valence-corrected chi connectivity index (χ3v) is 2.45. The quantitative estimate of drug-likeness (QED) is 0.367. The highest BCUT2D eigenvalue weighted by Crippen LogP contribution is 2.43. The Balaban J connectivity index is 0. The molecule has 0 saturated carbocycles. The molecule has 0 atom stereocenters. The van der Waals surface area contributed by atoms with Gasteiger partial charge in [0.05, 0.1) is 5.57 Å². The average Bonchev–Trinajstić information content (AvgIpc) is 2.38. The van der Waals surface area contributed by atoms with Gasteiger partial charge in [-0.15, -0.1) is 0 Å². The summed E-state index contributed by atoms with van der Waals surface area (Å²) in [5.74, 6) is -8.09. The van der Waals surface area contributed by atoms with Crippen molar-refractivity contribution in [1.82, 2.24) is 0 Å². The largest absolute Gasteiger partial charge is 0.478 e. The first-order chi connectivity index (χ1) is 12.4. The molecular formula is C13H10F12O4. The zero-order valence-corrected chi connectivity index (χ0v) is 13.8. The second-order valence-corrected chi connectivity index (χ2v) is 5.00.